The summed E-state index contributed by atoms with van der Waals surface area (Å²) in [5, 5.41) is 22.3. The van der Waals surface area contributed by atoms with Gasteiger partial charge in [0, 0.05) is 13.1 Å². The van der Waals surface area contributed by atoms with Gasteiger partial charge in [0.2, 0.25) is 15.8 Å². The second-order valence-corrected chi connectivity index (χ2v) is 12.9. The number of hydrogen-bond acceptors (Lipinski definition) is 10. The minimum atomic E-state index is -4.07. The zero-order chi connectivity index (χ0) is 32.7. The van der Waals surface area contributed by atoms with E-state index in [0.29, 0.717) is 29.6 Å². The number of sulfonamides is 1. The van der Waals surface area contributed by atoms with Crippen LogP contribution in [0.2, 0.25) is 0 Å². The van der Waals surface area contributed by atoms with Gasteiger partial charge in [-0.2, -0.15) is 4.31 Å². The lowest BCUT2D eigenvalue weighted by atomic mass is 10.1. The first-order valence-electron chi connectivity index (χ1n) is 14.5. The van der Waals surface area contributed by atoms with Crippen molar-refractivity contribution in [3.05, 3.63) is 113 Å². The fourth-order valence-electron chi connectivity index (χ4n) is 4.88. The molecule has 0 aliphatic carbocycles. The highest BCUT2D eigenvalue weighted by Crippen LogP contribution is 2.28. The molecule has 2 atom stereocenters. The van der Waals surface area contributed by atoms with E-state index in [9.17, 15) is 13.5 Å². The number of nitrogens with zero attached hydrogens (tertiary/aromatic N) is 6. The average molecular weight is 645 g/mol. The summed E-state index contributed by atoms with van der Waals surface area (Å²) in [6.07, 6.45) is -1.44. The molecule has 2 unspecified atom stereocenters. The van der Waals surface area contributed by atoms with E-state index in [2.05, 4.69) is 20.5 Å². The van der Waals surface area contributed by atoms with E-state index in [0.717, 1.165) is 22.4 Å². The van der Waals surface area contributed by atoms with E-state index in [1.54, 1.807) is 68.5 Å². The van der Waals surface area contributed by atoms with E-state index in [4.69, 9.17) is 14.2 Å². The van der Waals surface area contributed by atoms with Gasteiger partial charge in [-0.3, -0.25) is 0 Å². The molecule has 3 aromatic carbocycles. The highest BCUT2D eigenvalue weighted by Gasteiger charge is 2.35. The molecule has 0 aliphatic heterocycles. The number of hydrogen-bond donors (Lipinski definition) is 1. The van der Waals surface area contributed by atoms with Gasteiger partial charge in [0.15, 0.2) is 0 Å². The van der Waals surface area contributed by atoms with E-state index in [1.165, 1.54) is 11.2 Å². The van der Waals surface area contributed by atoms with Crippen LogP contribution in [0.3, 0.4) is 0 Å². The highest BCUT2D eigenvalue weighted by atomic mass is 32.2. The minimum Gasteiger partial charge on any atom is -0.497 e. The Kier molecular flexibility index (Phi) is 10.3. The molecule has 2 heterocycles. The van der Waals surface area contributed by atoms with Crippen molar-refractivity contribution < 1.29 is 27.7 Å². The number of rotatable bonds is 14. The smallest absolute Gasteiger partial charge is 0.220 e. The summed E-state index contributed by atoms with van der Waals surface area (Å²) in [6, 6.07) is 26.9. The maximum absolute atomic E-state index is 14.2. The lowest BCUT2D eigenvalue weighted by Crippen LogP contribution is -2.39. The molecule has 0 amide bonds. The van der Waals surface area contributed by atoms with Gasteiger partial charge in [0.25, 0.3) is 0 Å². The average Bonchev–Trinajstić information content (AvgIpc) is 3.56. The Morgan fingerprint density at radius 1 is 0.761 bits per heavy atom. The lowest BCUT2D eigenvalue weighted by molar-refractivity contribution is 0.168. The molecule has 1 N–H and O–H groups in total. The SMILES string of the molecule is COc1ccc(CN(Cc2ccc(OC)cc2)S(=O)(=O)C(C)C(O)c2cccc(-c3nnnn3Cc3ccc(OC)cc3)n2)cc1. The Hall–Kier alpha value is -4.85. The summed E-state index contributed by atoms with van der Waals surface area (Å²) < 4.78 is 47.0. The van der Waals surface area contributed by atoms with Crippen LogP contribution in [0.5, 0.6) is 17.2 Å². The van der Waals surface area contributed by atoms with Crippen molar-refractivity contribution in [3.63, 3.8) is 0 Å². The predicted molar refractivity (Wildman–Crippen MR) is 172 cm³/mol. The molecule has 13 heteroatoms. The number of aliphatic hydroxyl groups is 1. The van der Waals surface area contributed by atoms with Gasteiger partial charge < -0.3 is 19.3 Å². The molecule has 240 valence electrons. The topological polar surface area (TPSA) is 142 Å². The van der Waals surface area contributed by atoms with Crippen molar-refractivity contribution >= 4 is 10.0 Å². The Balaban J connectivity index is 1.40. The van der Waals surface area contributed by atoms with Crippen molar-refractivity contribution in [1.29, 1.82) is 0 Å². The number of aromatic nitrogens is 5. The quantitative estimate of drug-likeness (QED) is 0.186. The van der Waals surface area contributed by atoms with Crippen molar-refractivity contribution in [1.82, 2.24) is 29.5 Å². The maximum atomic E-state index is 14.2. The molecule has 5 aromatic rings. The van der Waals surface area contributed by atoms with E-state index >= 15 is 0 Å². The highest BCUT2D eigenvalue weighted by molar-refractivity contribution is 7.89. The van der Waals surface area contributed by atoms with Crippen molar-refractivity contribution in [3.8, 4) is 28.8 Å². The Bertz CT molecular complexity index is 1780. The van der Waals surface area contributed by atoms with Crippen LogP contribution < -0.4 is 14.2 Å². The van der Waals surface area contributed by atoms with Gasteiger partial charge in [-0.05, 0) is 82.6 Å². The van der Waals surface area contributed by atoms with Crippen LogP contribution in [-0.2, 0) is 29.7 Å². The molecule has 0 fully saturated rings. The van der Waals surface area contributed by atoms with Gasteiger partial charge in [0.05, 0.1) is 33.6 Å². The van der Waals surface area contributed by atoms with Crippen LogP contribution in [-0.4, -0.2) is 69.6 Å². The Labute approximate surface area is 268 Å². The fraction of sp³-hybridized carbons (Fsp3) is 0.273. The first-order chi connectivity index (χ1) is 22.2. The van der Waals surface area contributed by atoms with Crippen LogP contribution in [0.4, 0.5) is 0 Å². The fourth-order valence-corrected chi connectivity index (χ4v) is 6.48. The van der Waals surface area contributed by atoms with Crippen LogP contribution in [0.15, 0.2) is 91.0 Å². The second-order valence-electron chi connectivity index (χ2n) is 10.6. The molecule has 0 spiro atoms. The summed E-state index contributed by atoms with van der Waals surface area (Å²) in [7, 11) is 0.676. The van der Waals surface area contributed by atoms with Crippen molar-refractivity contribution in [2.75, 3.05) is 21.3 Å². The number of ether oxygens (including phenoxy) is 3. The van der Waals surface area contributed by atoms with Gasteiger partial charge in [-0.1, -0.05) is 42.5 Å². The second kappa shape index (κ2) is 14.5. The van der Waals surface area contributed by atoms with Gasteiger partial charge >= 0.3 is 0 Å². The molecule has 0 aliphatic rings. The van der Waals surface area contributed by atoms with Crippen LogP contribution in [0.1, 0.15) is 35.4 Å². The minimum absolute atomic E-state index is 0.0863. The molecular weight excluding hydrogens is 608 g/mol. The molecule has 12 nitrogen and oxygen atoms in total. The molecule has 0 radical (unpaired) electrons. The Morgan fingerprint density at radius 3 is 1.76 bits per heavy atom. The monoisotopic (exact) mass is 644 g/mol. The molecule has 2 aromatic heterocycles. The van der Waals surface area contributed by atoms with Crippen LogP contribution >= 0.6 is 0 Å². The zero-order valence-corrected chi connectivity index (χ0v) is 26.8. The van der Waals surface area contributed by atoms with Gasteiger partial charge in [-0.25, -0.2) is 18.1 Å². The predicted octanol–water partition coefficient (Wildman–Crippen LogP) is 4.26. The van der Waals surface area contributed by atoms with Crippen molar-refractivity contribution in [2.24, 2.45) is 0 Å². The number of pyridine rings is 1. The van der Waals surface area contributed by atoms with Gasteiger partial charge in [0.1, 0.15) is 34.3 Å². The van der Waals surface area contributed by atoms with Crippen LogP contribution in [0, 0.1) is 0 Å². The number of methoxy groups -OCH3 is 3. The number of tetrazole rings is 1. The number of aliphatic hydroxyl groups excluding tert-OH is 1. The van der Waals surface area contributed by atoms with Gasteiger partial charge in [-0.15, -0.1) is 5.10 Å². The molecule has 0 saturated heterocycles. The first kappa shape index (κ1) is 32.5. The molecule has 5 rings (SSSR count). The standard InChI is InChI=1S/C33H36N6O6S/c1-23(46(41,42)38(20-24-8-14-27(43-2)15-9-24)21-25-10-16-28(44-3)17-11-25)32(40)30-6-5-7-31(34-30)33-35-36-37-39(33)22-26-12-18-29(45-4)19-13-26/h5-19,23,32,40H,20-22H2,1-4H3. The summed E-state index contributed by atoms with van der Waals surface area (Å²) in [6.45, 7) is 2.03. The third-order valence-electron chi connectivity index (χ3n) is 7.64. The summed E-state index contributed by atoms with van der Waals surface area (Å²) in [5.74, 6) is 2.44. The summed E-state index contributed by atoms with van der Waals surface area (Å²) in [4.78, 5) is 4.60. The molecule has 0 bridgehead atoms. The third kappa shape index (κ3) is 7.50. The largest absolute Gasteiger partial charge is 0.497 e. The van der Waals surface area contributed by atoms with Crippen molar-refractivity contribution in [2.45, 2.75) is 37.9 Å². The van der Waals surface area contributed by atoms with Crippen LogP contribution in [0.25, 0.3) is 11.5 Å². The lowest BCUT2D eigenvalue weighted by Gasteiger charge is -2.28. The van der Waals surface area contributed by atoms with E-state index in [1.807, 2.05) is 48.5 Å². The normalized spacial score (nSPS) is 12.9. The van der Waals surface area contributed by atoms with E-state index in [-0.39, 0.29) is 18.8 Å². The molecule has 0 saturated carbocycles. The van der Waals surface area contributed by atoms with E-state index < -0.39 is 21.4 Å². The molecular formula is C33H36N6O6S. The maximum Gasteiger partial charge on any atom is 0.220 e. The zero-order valence-electron chi connectivity index (χ0n) is 26.0. The summed E-state index contributed by atoms with van der Waals surface area (Å²) >= 11 is 0. The summed E-state index contributed by atoms with van der Waals surface area (Å²) in [5.41, 5.74) is 3.06. The Morgan fingerprint density at radius 2 is 1.26 bits per heavy atom. The first-order valence-corrected chi connectivity index (χ1v) is 16.0. The molecule has 46 heavy (non-hydrogen) atoms. The number of benzene rings is 3. The third-order valence-corrected chi connectivity index (χ3v) is 9.81.